The Morgan fingerprint density at radius 2 is 2.08 bits per heavy atom. The summed E-state index contributed by atoms with van der Waals surface area (Å²) in [5.74, 6) is -2.14. The highest BCUT2D eigenvalue weighted by atomic mass is 19.1. The Morgan fingerprint density at radius 1 is 1.27 bits per heavy atom. The monoisotopic (exact) mass is 514 g/mol. The Bertz CT molecular complexity index is 1250. The first-order valence-electron chi connectivity index (χ1n) is 12.7. The molecule has 1 aromatic heterocycles. The van der Waals surface area contributed by atoms with Gasteiger partial charge in [0.2, 0.25) is 11.8 Å². The number of likely N-dealkylation sites (tertiary alicyclic amines) is 1. The molecule has 0 spiro atoms. The smallest absolute Gasteiger partial charge is 0.271 e. The van der Waals surface area contributed by atoms with Crippen LogP contribution in [-0.2, 0) is 14.4 Å². The number of Topliss-reactive ketones (excluding diaryl/α,β-unsaturated/α-hetero) is 1. The minimum Gasteiger partial charge on any atom is -0.496 e. The van der Waals surface area contributed by atoms with E-state index in [9.17, 15) is 28.7 Å². The molecule has 1 aromatic carbocycles. The molecule has 2 aliphatic heterocycles. The van der Waals surface area contributed by atoms with Crippen molar-refractivity contribution in [3.8, 4) is 5.75 Å². The molecule has 2 aromatic rings. The number of ether oxygens (including phenoxy) is 1. The molecule has 3 heterocycles. The van der Waals surface area contributed by atoms with Crippen molar-refractivity contribution in [2.75, 3.05) is 26.8 Å². The molecule has 3 aliphatic rings. The number of rotatable bonds is 8. The van der Waals surface area contributed by atoms with Crippen molar-refractivity contribution in [1.82, 2.24) is 20.5 Å². The van der Waals surface area contributed by atoms with E-state index in [4.69, 9.17) is 4.74 Å². The van der Waals surface area contributed by atoms with Crippen LogP contribution in [0.25, 0.3) is 10.9 Å². The average molecular weight is 515 g/mol. The largest absolute Gasteiger partial charge is 0.496 e. The van der Waals surface area contributed by atoms with E-state index in [2.05, 4.69) is 15.6 Å². The number of ketones is 1. The van der Waals surface area contributed by atoms with E-state index in [0.717, 1.165) is 19.3 Å². The first-order valence-corrected chi connectivity index (χ1v) is 12.7. The van der Waals surface area contributed by atoms with Crippen LogP contribution < -0.4 is 15.4 Å². The quantitative estimate of drug-likeness (QED) is 0.416. The van der Waals surface area contributed by atoms with Crippen LogP contribution in [0, 0.1) is 23.6 Å². The number of H-pyrrole nitrogens is 1. The lowest BCUT2D eigenvalue weighted by Gasteiger charge is -2.29. The second-order valence-corrected chi connectivity index (χ2v) is 10.2. The van der Waals surface area contributed by atoms with Crippen molar-refractivity contribution in [1.29, 1.82) is 0 Å². The molecule has 0 bridgehead atoms. The molecule has 1 aliphatic carbocycles. The lowest BCUT2D eigenvalue weighted by molar-refractivity contribution is -0.133. The maximum absolute atomic E-state index is 14.4. The number of aromatic nitrogens is 1. The summed E-state index contributed by atoms with van der Waals surface area (Å²) in [5.41, 5.74) is 0.285. The first-order chi connectivity index (χ1) is 17.8. The van der Waals surface area contributed by atoms with Gasteiger partial charge in [-0.15, -0.1) is 0 Å². The Balaban J connectivity index is 1.41. The van der Waals surface area contributed by atoms with Gasteiger partial charge >= 0.3 is 0 Å². The standard InChI is InChI=1S/C26H31FN4O6/c1-37-21-6-5-17(27)22-16(21)10-19(29-22)26(36)31-11-14-3-2-4-15(14)23(31)25(35)30-18(20(33)12-32)9-13-7-8-28-24(13)34/h5-6,10,13-15,18,23,29,32H,2-4,7-9,11-12H2,1H3,(H,28,34)(H,30,35). The molecular formula is C26H31FN4O6. The van der Waals surface area contributed by atoms with Crippen molar-refractivity contribution in [2.45, 2.75) is 44.2 Å². The second kappa shape index (κ2) is 10.1. The van der Waals surface area contributed by atoms with Gasteiger partial charge in [0.15, 0.2) is 5.78 Å². The molecule has 2 saturated heterocycles. The van der Waals surface area contributed by atoms with Gasteiger partial charge in [-0.1, -0.05) is 6.42 Å². The minimum absolute atomic E-state index is 0.0701. The lowest BCUT2D eigenvalue weighted by Crippen LogP contribution is -2.53. The molecule has 1 saturated carbocycles. The third-order valence-electron chi connectivity index (χ3n) is 8.12. The molecule has 10 nitrogen and oxygen atoms in total. The molecule has 3 amide bonds. The van der Waals surface area contributed by atoms with Gasteiger partial charge < -0.3 is 30.4 Å². The van der Waals surface area contributed by atoms with Crippen LogP contribution >= 0.6 is 0 Å². The Hall–Kier alpha value is -3.47. The molecular weight excluding hydrogens is 483 g/mol. The summed E-state index contributed by atoms with van der Waals surface area (Å²) in [4.78, 5) is 56.2. The van der Waals surface area contributed by atoms with Gasteiger partial charge in [-0.05, 0) is 55.7 Å². The number of carbonyl (C=O) groups is 4. The zero-order valence-corrected chi connectivity index (χ0v) is 20.6. The summed E-state index contributed by atoms with van der Waals surface area (Å²) < 4.78 is 19.7. The van der Waals surface area contributed by atoms with Crippen LogP contribution in [0.15, 0.2) is 18.2 Å². The maximum Gasteiger partial charge on any atom is 0.271 e. The van der Waals surface area contributed by atoms with Gasteiger partial charge in [-0.25, -0.2) is 4.39 Å². The summed E-state index contributed by atoms with van der Waals surface area (Å²) in [6.45, 7) is 0.114. The first kappa shape index (κ1) is 25.2. The van der Waals surface area contributed by atoms with Crippen molar-refractivity contribution in [2.24, 2.45) is 17.8 Å². The lowest BCUT2D eigenvalue weighted by atomic mass is 9.92. The number of hydrogen-bond acceptors (Lipinski definition) is 6. The van der Waals surface area contributed by atoms with E-state index in [0.29, 0.717) is 30.6 Å². The Morgan fingerprint density at radius 3 is 2.78 bits per heavy atom. The van der Waals surface area contributed by atoms with E-state index < -0.39 is 48.0 Å². The molecule has 198 valence electrons. The van der Waals surface area contributed by atoms with Crippen molar-refractivity contribution in [3.63, 3.8) is 0 Å². The molecule has 5 atom stereocenters. The number of aromatic amines is 1. The zero-order valence-electron chi connectivity index (χ0n) is 20.6. The number of nitrogens with one attached hydrogen (secondary N) is 3. The van der Waals surface area contributed by atoms with Crippen LogP contribution in [0.1, 0.15) is 42.6 Å². The molecule has 5 rings (SSSR count). The predicted octanol–water partition coefficient (Wildman–Crippen LogP) is 1.13. The van der Waals surface area contributed by atoms with E-state index in [1.54, 1.807) is 0 Å². The summed E-state index contributed by atoms with van der Waals surface area (Å²) in [7, 11) is 1.46. The number of amides is 3. The number of aliphatic hydroxyl groups excluding tert-OH is 1. The van der Waals surface area contributed by atoms with Gasteiger partial charge in [-0.2, -0.15) is 0 Å². The van der Waals surface area contributed by atoms with Crippen molar-refractivity contribution < 1.29 is 33.4 Å². The maximum atomic E-state index is 14.4. The summed E-state index contributed by atoms with van der Waals surface area (Å²) in [5, 5.41) is 15.4. The second-order valence-electron chi connectivity index (χ2n) is 10.2. The van der Waals surface area contributed by atoms with Gasteiger partial charge in [0, 0.05) is 24.4 Å². The highest BCUT2D eigenvalue weighted by Gasteiger charge is 2.50. The molecule has 3 fully saturated rings. The summed E-state index contributed by atoms with van der Waals surface area (Å²) >= 11 is 0. The SMILES string of the molecule is COc1ccc(F)c2[nH]c(C(=O)N3CC4CCCC4C3C(=O)NC(CC3CCNC3=O)C(=O)CO)cc12. The number of nitrogens with zero attached hydrogens (tertiary/aromatic N) is 1. The molecule has 11 heteroatoms. The van der Waals surface area contributed by atoms with Gasteiger partial charge in [-0.3, -0.25) is 19.2 Å². The van der Waals surface area contributed by atoms with Crippen LogP contribution in [0.2, 0.25) is 0 Å². The fourth-order valence-corrected chi connectivity index (χ4v) is 6.25. The van der Waals surface area contributed by atoms with Gasteiger partial charge in [0.1, 0.15) is 29.9 Å². The molecule has 37 heavy (non-hydrogen) atoms. The number of aliphatic hydroxyl groups is 1. The van der Waals surface area contributed by atoms with Crippen LogP contribution in [0.5, 0.6) is 5.75 Å². The fraction of sp³-hybridized carbons (Fsp3) is 0.538. The van der Waals surface area contributed by atoms with Crippen LogP contribution in [0.4, 0.5) is 4.39 Å². The van der Waals surface area contributed by atoms with Crippen LogP contribution in [-0.4, -0.2) is 77.4 Å². The zero-order chi connectivity index (χ0) is 26.3. The van der Waals surface area contributed by atoms with E-state index >= 15 is 0 Å². The van der Waals surface area contributed by atoms with Crippen molar-refractivity contribution >= 4 is 34.4 Å². The van der Waals surface area contributed by atoms with Gasteiger partial charge in [0.05, 0.1) is 18.7 Å². The Kier molecular flexibility index (Phi) is 6.89. The number of benzene rings is 1. The van der Waals surface area contributed by atoms with Gasteiger partial charge in [0.25, 0.3) is 5.91 Å². The molecule has 0 radical (unpaired) electrons. The minimum atomic E-state index is -1.03. The number of hydrogen-bond donors (Lipinski definition) is 4. The number of methoxy groups -OCH3 is 1. The normalized spacial score (nSPS) is 25.7. The van der Waals surface area contributed by atoms with E-state index in [-0.39, 0.29) is 35.4 Å². The Labute approximate surface area is 212 Å². The number of fused-ring (bicyclic) bond motifs is 2. The molecule has 5 unspecified atom stereocenters. The van der Waals surface area contributed by atoms with E-state index in [1.165, 1.54) is 30.2 Å². The van der Waals surface area contributed by atoms with Crippen molar-refractivity contribution in [3.05, 3.63) is 29.7 Å². The highest BCUT2D eigenvalue weighted by molar-refractivity contribution is 6.02. The summed E-state index contributed by atoms with van der Waals surface area (Å²) in [6.07, 6.45) is 3.23. The van der Waals surface area contributed by atoms with Crippen LogP contribution in [0.3, 0.4) is 0 Å². The average Bonchev–Trinajstić information content (AvgIpc) is 3.67. The van der Waals surface area contributed by atoms with E-state index in [1.807, 2.05) is 0 Å². The third-order valence-corrected chi connectivity index (χ3v) is 8.12. The predicted molar refractivity (Wildman–Crippen MR) is 130 cm³/mol. The topological polar surface area (TPSA) is 141 Å². The summed E-state index contributed by atoms with van der Waals surface area (Å²) in [6, 6.07) is 2.42. The number of carbonyl (C=O) groups excluding carboxylic acids is 4. The fourth-order valence-electron chi connectivity index (χ4n) is 6.25. The third kappa shape index (κ3) is 4.56. The number of halogens is 1. The molecule has 4 N–H and O–H groups in total. The highest BCUT2D eigenvalue weighted by Crippen LogP contribution is 2.43.